The number of hydrogen-bond donors (Lipinski definition) is 2. The number of benzene rings is 2. The molecule has 0 fully saturated rings. The summed E-state index contributed by atoms with van der Waals surface area (Å²) >= 11 is 0. The molecule has 37 heavy (non-hydrogen) atoms. The molecule has 0 saturated heterocycles. The second-order valence-corrected chi connectivity index (χ2v) is 10.6. The van der Waals surface area contributed by atoms with Gasteiger partial charge in [0, 0.05) is 42.8 Å². The Morgan fingerprint density at radius 1 is 1.00 bits per heavy atom. The topological polar surface area (TPSA) is 78.1 Å². The SMILES string of the molecule is CNS(=O)(=O)c1ccc(C=CN2CC=C(c3c[nH]c(-c4ccc(F)cc4)c3-c3ccncc3)CC2)cc1. The van der Waals surface area contributed by atoms with Crippen LogP contribution >= 0.6 is 0 Å². The van der Waals surface area contributed by atoms with Crippen LogP contribution in [0.15, 0.2) is 96.4 Å². The molecule has 0 spiro atoms. The molecule has 0 radical (unpaired) electrons. The second kappa shape index (κ2) is 10.5. The van der Waals surface area contributed by atoms with Crippen molar-refractivity contribution >= 4 is 21.7 Å². The normalized spacial score (nSPS) is 14.2. The van der Waals surface area contributed by atoms with Crippen molar-refractivity contribution in [1.29, 1.82) is 0 Å². The number of aromatic amines is 1. The van der Waals surface area contributed by atoms with Gasteiger partial charge < -0.3 is 9.88 Å². The summed E-state index contributed by atoms with van der Waals surface area (Å²) in [5, 5.41) is 0. The van der Waals surface area contributed by atoms with Gasteiger partial charge >= 0.3 is 0 Å². The highest BCUT2D eigenvalue weighted by Gasteiger charge is 2.20. The first kappa shape index (κ1) is 24.7. The predicted octanol–water partition coefficient (Wildman–Crippen LogP) is 5.55. The van der Waals surface area contributed by atoms with Gasteiger partial charge in [-0.2, -0.15) is 0 Å². The number of aromatic nitrogens is 2. The minimum atomic E-state index is -3.44. The van der Waals surface area contributed by atoms with Crippen LogP contribution in [0.5, 0.6) is 0 Å². The maximum atomic E-state index is 13.5. The highest BCUT2D eigenvalue weighted by atomic mass is 32.2. The fourth-order valence-electron chi connectivity index (χ4n) is 4.47. The summed E-state index contributed by atoms with van der Waals surface area (Å²) in [5.74, 6) is -0.261. The lowest BCUT2D eigenvalue weighted by Gasteiger charge is -2.25. The molecule has 0 atom stereocenters. The average Bonchev–Trinajstić information content (AvgIpc) is 3.38. The summed E-state index contributed by atoms with van der Waals surface area (Å²) in [6.45, 7) is 1.60. The summed E-state index contributed by atoms with van der Waals surface area (Å²) in [6.07, 6.45) is 12.7. The van der Waals surface area contributed by atoms with Gasteiger partial charge in [0.2, 0.25) is 10.0 Å². The molecule has 0 amide bonds. The van der Waals surface area contributed by atoms with Crippen LogP contribution in [0.25, 0.3) is 34.0 Å². The maximum absolute atomic E-state index is 13.5. The highest BCUT2D eigenvalue weighted by molar-refractivity contribution is 7.89. The first-order valence-corrected chi connectivity index (χ1v) is 13.5. The molecule has 2 aromatic carbocycles. The van der Waals surface area contributed by atoms with E-state index in [4.69, 9.17) is 0 Å². The number of sulfonamides is 1. The molecule has 188 valence electrons. The Balaban J connectivity index is 1.37. The van der Waals surface area contributed by atoms with Crippen molar-refractivity contribution in [3.63, 3.8) is 0 Å². The van der Waals surface area contributed by atoms with E-state index in [2.05, 4.69) is 25.7 Å². The third kappa shape index (κ3) is 5.40. The van der Waals surface area contributed by atoms with Crippen LogP contribution in [0.2, 0.25) is 0 Å². The Kier molecular flexibility index (Phi) is 7.03. The molecule has 0 aliphatic carbocycles. The number of hydrogen-bond acceptors (Lipinski definition) is 4. The second-order valence-electron chi connectivity index (χ2n) is 8.76. The van der Waals surface area contributed by atoms with Crippen LogP contribution in [-0.2, 0) is 10.0 Å². The lowest BCUT2D eigenvalue weighted by atomic mass is 9.92. The summed E-state index contributed by atoms with van der Waals surface area (Å²) in [6, 6.07) is 17.3. The smallest absolute Gasteiger partial charge is 0.240 e. The van der Waals surface area contributed by atoms with Gasteiger partial charge in [0.05, 0.1) is 10.6 Å². The fourth-order valence-corrected chi connectivity index (χ4v) is 5.20. The number of halogens is 1. The van der Waals surface area contributed by atoms with E-state index < -0.39 is 10.0 Å². The van der Waals surface area contributed by atoms with Crippen LogP contribution in [0.3, 0.4) is 0 Å². The lowest BCUT2D eigenvalue weighted by molar-refractivity contribution is 0.416. The third-order valence-corrected chi connectivity index (χ3v) is 7.94. The van der Waals surface area contributed by atoms with E-state index in [1.54, 1.807) is 48.8 Å². The van der Waals surface area contributed by atoms with Gasteiger partial charge in [-0.15, -0.1) is 0 Å². The van der Waals surface area contributed by atoms with Gasteiger partial charge in [0.15, 0.2) is 0 Å². The number of rotatable bonds is 7. The molecule has 8 heteroatoms. The summed E-state index contributed by atoms with van der Waals surface area (Å²) in [7, 11) is -2.04. The Morgan fingerprint density at radius 3 is 2.38 bits per heavy atom. The molecule has 1 aliphatic heterocycles. The van der Waals surface area contributed by atoms with Crippen LogP contribution < -0.4 is 4.72 Å². The first-order chi connectivity index (χ1) is 17.9. The fraction of sp³-hybridized carbons (Fsp3) is 0.138. The number of H-pyrrole nitrogens is 1. The van der Waals surface area contributed by atoms with E-state index in [0.29, 0.717) is 0 Å². The van der Waals surface area contributed by atoms with Crippen molar-refractivity contribution in [2.24, 2.45) is 0 Å². The molecule has 0 bridgehead atoms. The number of pyridine rings is 1. The Bertz CT molecular complexity index is 1540. The minimum Gasteiger partial charge on any atom is -0.373 e. The largest absolute Gasteiger partial charge is 0.373 e. The van der Waals surface area contributed by atoms with E-state index in [9.17, 15) is 12.8 Å². The standard InChI is InChI=1S/C29H27FN4O2S/c1-31-37(35,36)26-8-2-21(3-9-26)12-17-34-18-13-22(14-19-34)27-20-33-29(24-4-6-25(30)7-5-24)28(27)23-10-15-32-16-11-23/h2-13,15-17,20,31,33H,14,18-19H2,1H3. The molecule has 3 heterocycles. The monoisotopic (exact) mass is 514 g/mol. The lowest BCUT2D eigenvalue weighted by Crippen LogP contribution is -2.22. The Morgan fingerprint density at radius 2 is 1.73 bits per heavy atom. The molecule has 2 aromatic heterocycles. The van der Waals surface area contributed by atoms with Crippen LogP contribution in [0, 0.1) is 5.82 Å². The van der Waals surface area contributed by atoms with Gasteiger partial charge in [-0.1, -0.05) is 18.2 Å². The van der Waals surface area contributed by atoms with Gasteiger partial charge in [-0.3, -0.25) is 4.98 Å². The van der Waals surface area contributed by atoms with Crippen molar-refractivity contribution in [3.05, 3.63) is 108 Å². The molecular weight excluding hydrogens is 487 g/mol. The van der Waals surface area contributed by atoms with E-state index in [0.717, 1.165) is 53.0 Å². The molecule has 0 saturated carbocycles. The summed E-state index contributed by atoms with van der Waals surface area (Å²) in [4.78, 5) is 10.1. The van der Waals surface area contributed by atoms with E-state index in [1.807, 2.05) is 30.6 Å². The third-order valence-electron chi connectivity index (χ3n) is 6.51. The molecular formula is C29H27FN4O2S. The predicted molar refractivity (Wildman–Crippen MR) is 145 cm³/mol. The van der Waals surface area contributed by atoms with Gasteiger partial charge in [0.1, 0.15) is 5.82 Å². The van der Waals surface area contributed by atoms with Crippen LogP contribution in [0.1, 0.15) is 17.5 Å². The van der Waals surface area contributed by atoms with E-state index in [1.165, 1.54) is 24.8 Å². The van der Waals surface area contributed by atoms with Crippen LogP contribution in [0.4, 0.5) is 4.39 Å². The van der Waals surface area contributed by atoms with Crippen molar-refractivity contribution in [1.82, 2.24) is 19.6 Å². The van der Waals surface area contributed by atoms with Crippen molar-refractivity contribution < 1.29 is 12.8 Å². The van der Waals surface area contributed by atoms with Gasteiger partial charge in [-0.05, 0) is 96.5 Å². The number of nitrogens with one attached hydrogen (secondary N) is 2. The maximum Gasteiger partial charge on any atom is 0.240 e. The zero-order valence-corrected chi connectivity index (χ0v) is 21.2. The first-order valence-electron chi connectivity index (χ1n) is 12.0. The average molecular weight is 515 g/mol. The quantitative estimate of drug-likeness (QED) is 0.339. The molecule has 5 rings (SSSR count). The zero-order valence-electron chi connectivity index (χ0n) is 20.4. The van der Waals surface area contributed by atoms with Gasteiger partial charge in [-0.25, -0.2) is 17.5 Å². The van der Waals surface area contributed by atoms with Crippen molar-refractivity contribution in [2.75, 3.05) is 20.1 Å². The van der Waals surface area contributed by atoms with Gasteiger partial charge in [0.25, 0.3) is 0 Å². The van der Waals surface area contributed by atoms with Crippen molar-refractivity contribution in [3.8, 4) is 22.4 Å². The zero-order chi connectivity index (χ0) is 25.8. The number of nitrogens with zero attached hydrogens (tertiary/aromatic N) is 2. The molecule has 0 unspecified atom stereocenters. The Labute approximate surface area is 216 Å². The highest BCUT2D eigenvalue weighted by Crippen LogP contribution is 2.39. The van der Waals surface area contributed by atoms with E-state index in [-0.39, 0.29) is 10.7 Å². The minimum absolute atomic E-state index is 0.245. The molecule has 2 N–H and O–H groups in total. The van der Waals surface area contributed by atoms with Crippen LogP contribution in [-0.4, -0.2) is 43.4 Å². The Hall–Kier alpha value is -4.01. The summed E-state index contributed by atoms with van der Waals surface area (Å²) < 4.78 is 39.7. The molecule has 6 nitrogen and oxygen atoms in total. The summed E-state index contributed by atoms with van der Waals surface area (Å²) in [5.41, 5.74) is 7.33. The van der Waals surface area contributed by atoms with E-state index >= 15 is 0 Å². The van der Waals surface area contributed by atoms with Crippen molar-refractivity contribution in [2.45, 2.75) is 11.3 Å². The molecule has 4 aromatic rings. The molecule has 1 aliphatic rings.